The van der Waals surface area contributed by atoms with Gasteiger partial charge < -0.3 is 19.5 Å². The average molecular weight is 252 g/mol. The van der Waals surface area contributed by atoms with Gasteiger partial charge >= 0.3 is 5.97 Å². The first kappa shape index (κ1) is 12.2. The molecule has 0 aliphatic carbocycles. The van der Waals surface area contributed by atoms with Gasteiger partial charge in [0.2, 0.25) is 5.89 Å². The number of aromatic nitrogens is 3. The Kier molecular flexibility index (Phi) is 3.68. The van der Waals surface area contributed by atoms with E-state index < -0.39 is 5.97 Å². The lowest BCUT2D eigenvalue weighted by Crippen LogP contribution is -2.16. The summed E-state index contributed by atoms with van der Waals surface area (Å²) in [5.41, 5.74) is -0.0967. The smallest absolute Gasteiger partial charge is 0.358 e. The van der Waals surface area contributed by atoms with Crippen molar-refractivity contribution in [3.63, 3.8) is 0 Å². The van der Waals surface area contributed by atoms with E-state index in [9.17, 15) is 4.79 Å². The maximum atomic E-state index is 10.6. The van der Waals surface area contributed by atoms with Gasteiger partial charge in [-0.3, -0.25) is 0 Å². The third-order valence-corrected chi connectivity index (χ3v) is 2.17. The number of nitrogens with one attached hydrogen (secondary N) is 1. The highest BCUT2D eigenvalue weighted by molar-refractivity contribution is 5.85. The number of hydrogen-bond donors (Lipinski definition) is 2. The van der Waals surface area contributed by atoms with Gasteiger partial charge in [-0.15, -0.1) is 0 Å². The zero-order chi connectivity index (χ0) is 13.0. The maximum Gasteiger partial charge on any atom is 0.358 e. The molecule has 18 heavy (non-hydrogen) atoms. The number of aromatic carboxylic acids is 1. The maximum absolute atomic E-state index is 10.6. The normalized spacial score (nSPS) is 10.7. The van der Waals surface area contributed by atoms with Crippen molar-refractivity contribution in [2.45, 2.75) is 19.9 Å². The van der Waals surface area contributed by atoms with E-state index >= 15 is 0 Å². The van der Waals surface area contributed by atoms with Crippen molar-refractivity contribution in [2.24, 2.45) is 0 Å². The van der Waals surface area contributed by atoms with Crippen molar-refractivity contribution in [1.29, 1.82) is 0 Å². The number of rotatable bonds is 6. The molecule has 0 bridgehead atoms. The molecular weight excluding hydrogens is 240 g/mol. The lowest BCUT2D eigenvalue weighted by Gasteiger charge is -1.98. The fourth-order valence-corrected chi connectivity index (χ4v) is 1.35. The van der Waals surface area contributed by atoms with Crippen LogP contribution in [0.15, 0.2) is 15.1 Å². The van der Waals surface area contributed by atoms with Crippen LogP contribution in [0.1, 0.15) is 28.0 Å². The predicted octanol–water partition coefficient (Wildman–Crippen LogP) is 0.397. The van der Waals surface area contributed by atoms with Gasteiger partial charge in [0.15, 0.2) is 17.3 Å². The average Bonchev–Trinajstić information content (AvgIpc) is 2.93. The Hall–Kier alpha value is -2.22. The Morgan fingerprint density at radius 3 is 2.89 bits per heavy atom. The Morgan fingerprint density at radius 2 is 2.28 bits per heavy atom. The topological polar surface area (TPSA) is 114 Å². The summed E-state index contributed by atoms with van der Waals surface area (Å²) in [5, 5.41) is 18.9. The molecule has 2 rings (SSSR count). The van der Waals surface area contributed by atoms with Crippen molar-refractivity contribution < 1.29 is 18.9 Å². The molecule has 2 N–H and O–H groups in total. The van der Waals surface area contributed by atoms with Crippen LogP contribution in [0.2, 0.25) is 0 Å². The van der Waals surface area contributed by atoms with E-state index in [4.69, 9.17) is 14.2 Å². The van der Waals surface area contributed by atoms with E-state index in [0.717, 1.165) is 0 Å². The summed E-state index contributed by atoms with van der Waals surface area (Å²) in [7, 11) is 0. The quantitative estimate of drug-likeness (QED) is 0.710. The van der Waals surface area contributed by atoms with Gasteiger partial charge in [-0.25, -0.2) is 4.79 Å². The molecule has 8 heteroatoms. The minimum Gasteiger partial charge on any atom is -0.476 e. The minimum absolute atomic E-state index is 0.0967. The SMILES string of the molecule is Cc1nc(CCNCc2cc(C(=O)O)no2)no1. The van der Waals surface area contributed by atoms with Crippen LogP contribution in [-0.2, 0) is 13.0 Å². The van der Waals surface area contributed by atoms with Crippen molar-refractivity contribution in [3.05, 3.63) is 29.2 Å². The van der Waals surface area contributed by atoms with Crippen LogP contribution in [0.3, 0.4) is 0 Å². The first-order chi connectivity index (χ1) is 8.65. The van der Waals surface area contributed by atoms with E-state index in [2.05, 4.69) is 20.6 Å². The summed E-state index contributed by atoms with van der Waals surface area (Å²) in [6.07, 6.45) is 0.622. The number of hydrogen-bond acceptors (Lipinski definition) is 7. The molecule has 96 valence electrons. The zero-order valence-corrected chi connectivity index (χ0v) is 9.71. The molecule has 0 saturated heterocycles. The van der Waals surface area contributed by atoms with E-state index in [1.807, 2.05) is 0 Å². The third-order valence-electron chi connectivity index (χ3n) is 2.17. The van der Waals surface area contributed by atoms with Gasteiger partial charge in [0.05, 0.1) is 6.54 Å². The highest BCUT2D eigenvalue weighted by Crippen LogP contribution is 2.03. The van der Waals surface area contributed by atoms with Crippen LogP contribution in [0, 0.1) is 6.92 Å². The molecule has 0 atom stereocenters. The van der Waals surface area contributed by atoms with Gasteiger partial charge in [-0.05, 0) is 0 Å². The molecule has 0 radical (unpaired) electrons. The molecule has 0 saturated carbocycles. The molecule has 2 aromatic rings. The first-order valence-electron chi connectivity index (χ1n) is 5.34. The lowest BCUT2D eigenvalue weighted by atomic mass is 10.3. The molecular formula is C10H12N4O4. The first-order valence-corrected chi connectivity index (χ1v) is 5.34. The number of carboxylic acids is 1. The standard InChI is InChI=1S/C10H12N4O4/c1-6-12-9(14-17-6)2-3-11-5-7-4-8(10(15)16)13-18-7/h4,11H,2-3,5H2,1H3,(H,15,16). The second-order valence-corrected chi connectivity index (χ2v) is 3.64. The molecule has 0 aliphatic rings. The summed E-state index contributed by atoms with van der Waals surface area (Å²) in [5.74, 6) is 0.527. The summed E-state index contributed by atoms with van der Waals surface area (Å²) >= 11 is 0. The second kappa shape index (κ2) is 5.41. The summed E-state index contributed by atoms with van der Waals surface area (Å²) in [6, 6.07) is 1.38. The fraction of sp³-hybridized carbons (Fsp3) is 0.400. The van der Waals surface area contributed by atoms with Gasteiger partial charge in [0.1, 0.15) is 0 Å². The molecule has 0 amide bonds. The Balaban J connectivity index is 1.73. The van der Waals surface area contributed by atoms with Crippen molar-refractivity contribution in [2.75, 3.05) is 6.54 Å². The van der Waals surface area contributed by atoms with E-state index in [-0.39, 0.29) is 5.69 Å². The fourth-order valence-electron chi connectivity index (χ4n) is 1.35. The molecule has 2 aromatic heterocycles. The molecule has 0 fully saturated rings. The number of aryl methyl sites for hydroxylation is 1. The van der Waals surface area contributed by atoms with E-state index in [0.29, 0.717) is 37.0 Å². The Bertz CT molecular complexity index is 533. The van der Waals surface area contributed by atoms with Crippen molar-refractivity contribution >= 4 is 5.97 Å². The number of carboxylic acid groups (broad SMARTS) is 1. The van der Waals surface area contributed by atoms with Crippen molar-refractivity contribution in [3.8, 4) is 0 Å². The van der Waals surface area contributed by atoms with E-state index in [1.54, 1.807) is 6.92 Å². The molecule has 0 aliphatic heterocycles. The Labute approximate surface area is 102 Å². The van der Waals surface area contributed by atoms with Gasteiger partial charge in [0.25, 0.3) is 0 Å². The second-order valence-electron chi connectivity index (χ2n) is 3.64. The highest BCUT2D eigenvalue weighted by Gasteiger charge is 2.10. The molecule has 0 unspecified atom stereocenters. The molecule has 2 heterocycles. The largest absolute Gasteiger partial charge is 0.476 e. The van der Waals surface area contributed by atoms with Crippen LogP contribution < -0.4 is 5.32 Å². The number of carbonyl (C=O) groups is 1. The highest BCUT2D eigenvalue weighted by atomic mass is 16.5. The zero-order valence-electron chi connectivity index (χ0n) is 9.71. The summed E-state index contributed by atoms with van der Waals surface area (Å²) in [4.78, 5) is 14.6. The van der Waals surface area contributed by atoms with Gasteiger partial charge in [0, 0.05) is 26.0 Å². The summed E-state index contributed by atoms with van der Waals surface area (Å²) in [6.45, 7) is 2.76. The van der Waals surface area contributed by atoms with Crippen LogP contribution in [0.5, 0.6) is 0 Å². The monoisotopic (exact) mass is 252 g/mol. The molecule has 0 aromatic carbocycles. The van der Waals surface area contributed by atoms with Crippen LogP contribution in [0.25, 0.3) is 0 Å². The lowest BCUT2D eigenvalue weighted by molar-refractivity contribution is 0.0685. The Morgan fingerprint density at radius 1 is 1.44 bits per heavy atom. The van der Waals surface area contributed by atoms with Crippen LogP contribution >= 0.6 is 0 Å². The predicted molar refractivity (Wildman–Crippen MR) is 57.9 cm³/mol. The third kappa shape index (κ3) is 3.14. The van der Waals surface area contributed by atoms with Crippen LogP contribution in [-0.4, -0.2) is 32.9 Å². The molecule has 8 nitrogen and oxygen atoms in total. The van der Waals surface area contributed by atoms with E-state index in [1.165, 1.54) is 6.07 Å². The minimum atomic E-state index is -1.10. The summed E-state index contributed by atoms with van der Waals surface area (Å²) < 4.78 is 9.67. The van der Waals surface area contributed by atoms with Crippen LogP contribution in [0.4, 0.5) is 0 Å². The molecule has 0 spiro atoms. The van der Waals surface area contributed by atoms with Crippen molar-refractivity contribution in [1.82, 2.24) is 20.6 Å². The number of nitrogens with zero attached hydrogens (tertiary/aromatic N) is 3. The van der Waals surface area contributed by atoms with Gasteiger partial charge in [-0.2, -0.15) is 4.98 Å². The van der Waals surface area contributed by atoms with Gasteiger partial charge in [-0.1, -0.05) is 10.3 Å².